The maximum atomic E-state index is 15.4. The smallest absolute Gasteiger partial charge is 0.238 e. The van der Waals surface area contributed by atoms with Crippen molar-refractivity contribution < 1.29 is 31.9 Å². The van der Waals surface area contributed by atoms with Gasteiger partial charge in [-0.15, -0.1) is 0 Å². The molecule has 0 aliphatic heterocycles. The molecule has 0 radical (unpaired) electrons. The van der Waals surface area contributed by atoms with Gasteiger partial charge >= 0.3 is 0 Å². The van der Waals surface area contributed by atoms with Crippen molar-refractivity contribution in [3.05, 3.63) is 56.3 Å². The summed E-state index contributed by atoms with van der Waals surface area (Å²) in [5.74, 6) is -1.36. The summed E-state index contributed by atoms with van der Waals surface area (Å²) in [5, 5.41) is 23.0. The van der Waals surface area contributed by atoms with Crippen LogP contribution in [-0.4, -0.2) is 41.2 Å². The number of aliphatic hydroxyl groups excluding tert-OH is 2. The van der Waals surface area contributed by atoms with E-state index >= 15 is 4.39 Å². The van der Waals surface area contributed by atoms with E-state index in [-0.39, 0.29) is 35.2 Å². The fraction of sp³-hybridized carbons (Fsp3) is 0.381. The highest BCUT2D eigenvalue weighted by molar-refractivity contribution is 14.1. The maximum absolute atomic E-state index is 15.4. The van der Waals surface area contributed by atoms with E-state index in [1.54, 1.807) is 13.0 Å². The number of aromatic nitrogens is 1. The second-order valence-electron chi connectivity index (χ2n) is 8.10. The molecule has 0 spiro atoms. The summed E-state index contributed by atoms with van der Waals surface area (Å²) in [6.45, 7) is 1.04. The number of halogens is 3. The molecular formula is C21H21F2IN2O5S. The van der Waals surface area contributed by atoms with Crippen molar-refractivity contribution in [1.29, 1.82) is 0 Å². The fourth-order valence-electron chi connectivity index (χ4n) is 3.78. The second kappa shape index (κ2) is 8.50. The zero-order valence-electron chi connectivity index (χ0n) is 17.0. The van der Waals surface area contributed by atoms with E-state index in [1.165, 1.54) is 18.2 Å². The highest BCUT2D eigenvalue weighted by atomic mass is 127. The van der Waals surface area contributed by atoms with Gasteiger partial charge in [-0.25, -0.2) is 17.2 Å². The molecule has 1 fully saturated rings. The Balaban J connectivity index is 1.79. The van der Waals surface area contributed by atoms with Gasteiger partial charge in [0, 0.05) is 20.9 Å². The largest absolute Gasteiger partial charge is 0.394 e. The van der Waals surface area contributed by atoms with Gasteiger partial charge in [-0.1, -0.05) is 11.2 Å². The van der Waals surface area contributed by atoms with Crippen LogP contribution in [0.15, 0.2) is 28.8 Å². The van der Waals surface area contributed by atoms with E-state index < -0.39 is 39.1 Å². The van der Waals surface area contributed by atoms with Crippen molar-refractivity contribution in [2.45, 2.75) is 43.5 Å². The molecule has 1 atom stereocenters. The van der Waals surface area contributed by atoms with Crippen LogP contribution in [0.25, 0.3) is 11.0 Å². The lowest BCUT2D eigenvalue weighted by molar-refractivity contribution is 0.0858. The van der Waals surface area contributed by atoms with E-state index in [2.05, 4.69) is 9.88 Å². The number of hydrogen-bond donors (Lipinski definition) is 3. The van der Waals surface area contributed by atoms with Crippen molar-refractivity contribution in [2.24, 2.45) is 0 Å². The first-order valence-corrected chi connectivity index (χ1v) is 12.5. The molecule has 11 heteroatoms. The Labute approximate surface area is 197 Å². The van der Waals surface area contributed by atoms with Crippen molar-refractivity contribution >= 4 is 49.3 Å². The van der Waals surface area contributed by atoms with Crippen LogP contribution in [0.2, 0.25) is 0 Å². The van der Waals surface area contributed by atoms with Crippen LogP contribution in [0, 0.1) is 22.1 Å². The lowest BCUT2D eigenvalue weighted by Gasteiger charge is -2.21. The van der Waals surface area contributed by atoms with Crippen molar-refractivity contribution in [2.75, 3.05) is 11.3 Å². The number of benzene rings is 2. The molecular weight excluding hydrogens is 557 g/mol. The summed E-state index contributed by atoms with van der Waals surface area (Å²) in [5.41, 5.74) is 0.323. The molecule has 1 aromatic heterocycles. The van der Waals surface area contributed by atoms with Gasteiger partial charge < -0.3 is 14.7 Å². The predicted molar refractivity (Wildman–Crippen MR) is 123 cm³/mol. The van der Waals surface area contributed by atoms with Gasteiger partial charge in [0.1, 0.15) is 5.82 Å². The minimum atomic E-state index is -4.05. The molecule has 1 unspecified atom stereocenters. The average Bonchev–Trinajstić information content (AvgIpc) is 3.43. The normalized spacial score (nSPS) is 16.3. The number of aryl methyl sites for hydroxylation is 1. The minimum absolute atomic E-state index is 0.0380. The predicted octanol–water partition coefficient (Wildman–Crippen LogP) is 3.63. The van der Waals surface area contributed by atoms with Gasteiger partial charge in [0.2, 0.25) is 15.6 Å². The van der Waals surface area contributed by atoms with E-state index in [1.807, 2.05) is 22.6 Å². The summed E-state index contributed by atoms with van der Waals surface area (Å²) in [6.07, 6.45) is -0.936. The molecule has 172 valence electrons. The van der Waals surface area contributed by atoms with Crippen molar-refractivity contribution in [1.82, 2.24) is 5.16 Å². The monoisotopic (exact) mass is 578 g/mol. The molecule has 3 aromatic rings. The van der Waals surface area contributed by atoms with Gasteiger partial charge in [-0.05, 0) is 72.5 Å². The topological polar surface area (TPSA) is 113 Å². The quantitative estimate of drug-likeness (QED) is 0.352. The van der Waals surface area contributed by atoms with Gasteiger partial charge in [0.25, 0.3) is 0 Å². The third kappa shape index (κ3) is 4.22. The van der Waals surface area contributed by atoms with Crippen LogP contribution in [0.1, 0.15) is 36.1 Å². The summed E-state index contributed by atoms with van der Waals surface area (Å²) in [6, 6.07) is 5.93. The van der Waals surface area contributed by atoms with E-state index in [0.29, 0.717) is 27.5 Å². The van der Waals surface area contributed by atoms with Crippen LogP contribution >= 0.6 is 22.6 Å². The molecule has 0 amide bonds. The zero-order valence-corrected chi connectivity index (χ0v) is 20.0. The first-order chi connectivity index (χ1) is 15.1. The summed E-state index contributed by atoms with van der Waals surface area (Å²) < 4.78 is 63.2. The molecule has 1 heterocycles. The SMILES string of the molecule is Cc1noc2c(F)c(Cc3ccc(I)cc3F)c(NS(=O)(=O)C3(CC(O)CO)CC3)cc12. The van der Waals surface area contributed by atoms with Crippen LogP contribution in [-0.2, 0) is 16.4 Å². The van der Waals surface area contributed by atoms with Crippen LogP contribution in [0.5, 0.6) is 0 Å². The van der Waals surface area contributed by atoms with Crippen molar-refractivity contribution in [3.8, 4) is 0 Å². The Kier molecular flexibility index (Phi) is 6.20. The van der Waals surface area contributed by atoms with Crippen LogP contribution in [0.4, 0.5) is 14.5 Å². The average molecular weight is 578 g/mol. The highest BCUT2D eigenvalue weighted by Gasteiger charge is 2.55. The zero-order chi connectivity index (χ0) is 23.3. The van der Waals surface area contributed by atoms with Crippen LogP contribution < -0.4 is 4.72 Å². The molecule has 7 nitrogen and oxygen atoms in total. The highest BCUT2D eigenvalue weighted by Crippen LogP contribution is 2.48. The summed E-state index contributed by atoms with van der Waals surface area (Å²) >= 11 is 1.96. The lowest BCUT2D eigenvalue weighted by atomic mass is 10.0. The summed E-state index contributed by atoms with van der Waals surface area (Å²) in [4.78, 5) is 0. The Morgan fingerprint density at radius 2 is 2.03 bits per heavy atom. The molecule has 3 N–H and O–H groups in total. The Hall–Kier alpha value is -1.83. The van der Waals surface area contributed by atoms with Crippen LogP contribution in [0.3, 0.4) is 0 Å². The maximum Gasteiger partial charge on any atom is 0.238 e. The first kappa shape index (κ1) is 23.3. The second-order valence-corrected chi connectivity index (χ2v) is 11.4. The third-order valence-corrected chi connectivity index (χ3v) is 8.68. The van der Waals surface area contributed by atoms with E-state index in [4.69, 9.17) is 9.63 Å². The molecule has 1 aliphatic rings. The minimum Gasteiger partial charge on any atom is -0.394 e. The number of hydrogen-bond acceptors (Lipinski definition) is 6. The number of fused-ring (bicyclic) bond motifs is 1. The summed E-state index contributed by atoms with van der Waals surface area (Å²) in [7, 11) is -4.05. The molecule has 1 aliphatic carbocycles. The van der Waals surface area contributed by atoms with Crippen molar-refractivity contribution in [3.63, 3.8) is 0 Å². The van der Waals surface area contributed by atoms with Gasteiger partial charge in [-0.3, -0.25) is 4.72 Å². The molecule has 4 rings (SSSR count). The molecule has 1 saturated carbocycles. The first-order valence-electron chi connectivity index (χ1n) is 9.89. The lowest BCUT2D eigenvalue weighted by Crippen LogP contribution is -2.34. The van der Waals surface area contributed by atoms with Gasteiger partial charge in [0.05, 0.1) is 28.8 Å². The number of anilines is 1. The van der Waals surface area contributed by atoms with Gasteiger partial charge in [0.15, 0.2) is 5.82 Å². The number of nitrogens with one attached hydrogen (secondary N) is 1. The number of aliphatic hydroxyl groups is 2. The molecule has 32 heavy (non-hydrogen) atoms. The third-order valence-electron chi connectivity index (χ3n) is 5.81. The molecule has 2 aromatic carbocycles. The van der Waals surface area contributed by atoms with E-state index in [9.17, 15) is 17.9 Å². The molecule has 0 bridgehead atoms. The number of nitrogens with zero attached hydrogens (tertiary/aromatic N) is 1. The number of rotatable bonds is 8. The van der Waals surface area contributed by atoms with E-state index in [0.717, 1.165) is 0 Å². The Morgan fingerprint density at radius 1 is 1.31 bits per heavy atom. The Bertz CT molecular complexity index is 1290. The fourth-order valence-corrected chi connectivity index (χ4v) is 5.97. The standard InChI is InChI=1S/C21H21F2IN2O5S/c1-11-15-8-18(26-32(29,30)21(4-5-21)9-14(28)10-27)16(19(23)20(15)31-25-11)6-12-2-3-13(24)7-17(12)22/h2-3,7-8,14,26-28H,4-6,9-10H2,1H3. The number of sulfonamides is 1. The molecule has 0 saturated heterocycles. The van der Waals surface area contributed by atoms with Gasteiger partial charge in [-0.2, -0.15) is 0 Å². The Morgan fingerprint density at radius 3 is 2.66 bits per heavy atom.